The van der Waals surface area contributed by atoms with Gasteiger partial charge in [0.2, 0.25) is 0 Å². The summed E-state index contributed by atoms with van der Waals surface area (Å²) in [7, 11) is 0. The molecule has 2 bridgehead atoms. The third-order valence-electron chi connectivity index (χ3n) is 4.26. The van der Waals surface area contributed by atoms with Crippen LogP contribution in [0.5, 0.6) is 0 Å². The molecule has 1 heterocycles. The van der Waals surface area contributed by atoms with Gasteiger partial charge in [-0.05, 0) is 50.9 Å². The van der Waals surface area contributed by atoms with Crippen molar-refractivity contribution < 1.29 is 0 Å². The third-order valence-corrected chi connectivity index (χ3v) is 4.26. The summed E-state index contributed by atoms with van der Waals surface area (Å²) in [5.41, 5.74) is 0. The minimum Gasteiger partial charge on any atom is -0.297 e. The molecule has 0 amide bonds. The molecule has 3 atom stereocenters. The van der Waals surface area contributed by atoms with Crippen LogP contribution in [-0.4, -0.2) is 23.5 Å². The predicted molar refractivity (Wildman–Crippen MR) is 61.3 cm³/mol. The normalized spacial score (nSPS) is 38.6. The number of hydrogen-bond acceptors (Lipinski definition) is 1. The van der Waals surface area contributed by atoms with E-state index in [0.717, 1.165) is 29.8 Å². The van der Waals surface area contributed by atoms with Crippen molar-refractivity contribution in [1.82, 2.24) is 4.90 Å². The Bertz CT molecular complexity index is 197. The Labute approximate surface area is 88.9 Å². The van der Waals surface area contributed by atoms with Gasteiger partial charge < -0.3 is 0 Å². The lowest BCUT2D eigenvalue weighted by Gasteiger charge is -2.45. The summed E-state index contributed by atoms with van der Waals surface area (Å²) >= 11 is 0. The van der Waals surface area contributed by atoms with Crippen LogP contribution in [0.2, 0.25) is 0 Å². The van der Waals surface area contributed by atoms with E-state index in [1.165, 1.54) is 25.8 Å². The lowest BCUT2D eigenvalue weighted by molar-refractivity contribution is 0.0347. The van der Waals surface area contributed by atoms with Gasteiger partial charge in [0, 0.05) is 18.6 Å². The van der Waals surface area contributed by atoms with Gasteiger partial charge in [0.05, 0.1) is 0 Å². The molecule has 0 aromatic rings. The first-order valence-electron chi connectivity index (χ1n) is 6.35. The van der Waals surface area contributed by atoms with Gasteiger partial charge in [-0.3, -0.25) is 4.90 Å². The van der Waals surface area contributed by atoms with Crippen molar-refractivity contribution in [2.45, 2.75) is 59.0 Å². The zero-order valence-corrected chi connectivity index (χ0v) is 10.2. The lowest BCUT2D eigenvalue weighted by atomic mass is 9.83. The highest BCUT2D eigenvalue weighted by atomic mass is 15.2. The first kappa shape index (κ1) is 10.5. The molecule has 0 radical (unpaired) electrons. The van der Waals surface area contributed by atoms with Crippen LogP contribution in [-0.2, 0) is 0 Å². The largest absolute Gasteiger partial charge is 0.297 e. The maximum absolute atomic E-state index is 2.77. The van der Waals surface area contributed by atoms with Crippen LogP contribution in [0.3, 0.4) is 0 Å². The zero-order chi connectivity index (χ0) is 10.3. The second kappa shape index (κ2) is 3.84. The molecule has 0 N–H and O–H groups in total. The molecule has 82 valence electrons. The van der Waals surface area contributed by atoms with Gasteiger partial charge in [-0.25, -0.2) is 0 Å². The van der Waals surface area contributed by atoms with E-state index in [4.69, 9.17) is 0 Å². The topological polar surface area (TPSA) is 3.24 Å². The second-order valence-electron chi connectivity index (χ2n) is 5.96. The molecule has 1 saturated carbocycles. The summed E-state index contributed by atoms with van der Waals surface area (Å²) in [5, 5.41) is 0. The molecule has 1 saturated heterocycles. The molecule has 2 aliphatic rings. The quantitative estimate of drug-likeness (QED) is 0.654. The van der Waals surface area contributed by atoms with E-state index in [-0.39, 0.29) is 0 Å². The minimum atomic E-state index is 0.741. The molecule has 14 heavy (non-hydrogen) atoms. The number of nitrogens with zero attached hydrogens (tertiary/aromatic N) is 1. The molecule has 1 aliphatic carbocycles. The molecular weight excluding hydrogens is 170 g/mol. The van der Waals surface area contributed by atoms with Crippen molar-refractivity contribution >= 4 is 0 Å². The van der Waals surface area contributed by atoms with Crippen LogP contribution in [0.4, 0.5) is 0 Å². The summed E-state index contributed by atoms with van der Waals surface area (Å²) in [5.74, 6) is 2.87. The molecule has 2 rings (SSSR count). The van der Waals surface area contributed by atoms with Gasteiger partial charge in [0.1, 0.15) is 0 Å². The Hall–Kier alpha value is -0.0400. The predicted octanol–water partition coefficient (Wildman–Crippen LogP) is 3.15. The SMILES string of the molecule is CC(C)C1C2CCC(C2)CN1C(C)C. The van der Waals surface area contributed by atoms with Crippen molar-refractivity contribution in [3.63, 3.8) is 0 Å². The number of hydrogen-bond donors (Lipinski definition) is 0. The van der Waals surface area contributed by atoms with Gasteiger partial charge in [-0.2, -0.15) is 0 Å². The van der Waals surface area contributed by atoms with E-state index in [2.05, 4.69) is 32.6 Å². The summed E-state index contributed by atoms with van der Waals surface area (Å²) < 4.78 is 0. The summed E-state index contributed by atoms with van der Waals surface area (Å²) in [6.07, 6.45) is 4.51. The number of fused-ring (bicyclic) bond motifs is 2. The minimum absolute atomic E-state index is 0.741. The molecule has 1 heteroatoms. The van der Waals surface area contributed by atoms with Crippen LogP contribution < -0.4 is 0 Å². The molecule has 0 spiro atoms. The van der Waals surface area contributed by atoms with Crippen LogP contribution in [0.15, 0.2) is 0 Å². The standard InChI is InChI=1S/C13H25N/c1-9(2)13-12-6-5-11(7-12)8-14(13)10(3)4/h9-13H,5-8H2,1-4H3. The fourth-order valence-electron chi connectivity index (χ4n) is 3.76. The van der Waals surface area contributed by atoms with E-state index in [1.54, 1.807) is 0 Å². The van der Waals surface area contributed by atoms with Crippen LogP contribution >= 0.6 is 0 Å². The highest BCUT2D eigenvalue weighted by Crippen LogP contribution is 2.43. The third kappa shape index (κ3) is 1.71. The molecule has 3 unspecified atom stereocenters. The van der Waals surface area contributed by atoms with Crippen molar-refractivity contribution in [2.24, 2.45) is 17.8 Å². The van der Waals surface area contributed by atoms with Gasteiger partial charge in [-0.15, -0.1) is 0 Å². The van der Waals surface area contributed by atoms with Crippen LogP contribution in [0, 0.1) is 17.8 Å². The molecule has 2 fully saturated rings. The lowest BCUT2D eigenvalue weighted by Crippen LogP contribution is -2.51. The Balaban J connectivity index is 2.14. The van der Waals surface area contributed by atoms with E-state index in [1.807, 2.05) is 0 Å². The van der Waals surface area contributed by atoms with Crippen molar-refractivity contribution in [3.8, 4) is 0 Å². The number of piperidine rings is 1. The van der Waals surface area contributed by atoms with E-state index >= 15 is 0 Å². The van der Waals surface area contributed by atoms with E-state index in [9.17, 15) is 0 Å². The first-order chi connectivity index (χ1) is 6.59. The average molecular weight is 195 g/mol. The van der Waals surface area contributed by atoms with Crippen LogP contribution in [0.25, 0.3) is 0 Å². The van der Waals surface area contributed by atoms with E-state index < -0.39 is 0 Å². The Morgan fingerprint density at radius 3 is 2.36 bits per heavy atom. The van der Waals surface area contributed by atoms with Crippen molar-refractivity contribution in [2.75, 3.05) is 6.54 Å². The molecule has 0 aromatic carbocycles. The van der Waals surface area contributed by atoms with Gasteiger partial charge in [0.15, 0.2) is 0 Å². The fourth-order valence-corrected chi connectivity index (χ4v) is 3.76. The van der Waals surface area contributed by atoms with Crippen molar-refractivity contribution in [1.29, 1.82) is 0 Å². The molecule has 1 nitrogen and oxygen atoms in total. The Morgan fingerprint density at radius 1 is 1.07 bits per heavy atom. The highest BCUT2D eigenvalue weighted by molar-refractivity contribution is 4.95. The summed E-state index contributed by atoms with van der Waals surface area (Å²) in [4.78, 5) is 2.77. The van der Waals surface area contributed by atoms with Gasteiger partial charge in [0.25, 0.3) is 0 Å². The molecular formula is C13H25N. The summed E-state index contributed by atoms with van der Waals surface area (Å²) in [6.45, 7) is 10.9. The van der Waals surface area contributed by atoms with Crippen molar-refractivity contribution in [3.05, 3.63) is 0 Å². The average Bonchev–Trinajstić information content (AvgIpc) is 2.46. The Morgan fingerprint density at radius 2 is 1.79 bits per heavy atom. The van der Waals surface area contributed by atoms with Crippen LogP contribution in [0.1, 0.15) is 47.0 Å². The number of likely N-dealkylation sites (tertiary alicyclic amines) is 1. The fraction of sp³-hybridized carbons (Fsp3) is 1.00. The Kier molecular flexibility index (Phi) is 2.88. The maximum Gasteiger partial charge on any atom is 0.0149 e. The number of rotatable bonds is 2. The molecule has 1 aliphatic heterocycles. The first-order valence-corrected chi connectivity index (χ1v) is 6.35. The smallest absolute Gasteiger partial charge is 0.0149 e. The zero-order valence-electron chi connectivity index (χ0n) is 10.2. The summed E-state index contributed by atoms with van der Waals surface area (Å²) in [6, 6.07) is 1.61. The van der Waals surface area contributed by atoms with Gasteiger partial charge >= 0.3 is 0 Å². The monoisotopic (exact) mass is 195 g/mol. The highest BCUT2D eigenvalue weighted by Gasteiger charge is 2.42. The van der Waals surface area contributed by atoms with E-state index in [0.29, 0.717) is 0 Å². The van der Waals surface area contributed by atoms with Gasteiger partial charge in [-0.1, -0.05) is 13.8 Å². The second-order valence-corrected chi connectivity index (χ2v) is 5.96. The maximum atomic E-state index is 2.77. The molecule has 0 aromatic heterocycles.